The molecule has 5 heteroatoms. The number of unbranched alkanes of at least 4 members (excludes halogenated alkanes) is 1. The maximum Gasteiger partial charge on any atom is 0.230 e. The number of aryl methyl sites for hydroxylation is 1. The molecular weight excluding hydrogens is 344 g/mol. The highest BCUT2D eigenvalue weighted by Crippen LogP contribution is 2.37. The number of nitrogens with one attached hydrogen (secondary N) is 1. The Bertz CT molecular complexity index is 796. The van der Waals surface area contributed by atoms with Gasteiger partial charge in [0.2, 0.25) is 11.8 Å². The molecule has 2 aliphatic rings. The Balaban J connectivity index is 1.30. The average molecular weight is 369 g/mol. The Morgan fingerprint density at radius 3 is 2.85 bits per heavy atom. The Kier molecular flexibility index (Phi) is 5.07. The molecule has 0 unspecified atom stereocenters. The Labute approximate surface area is 158 Å². The van der Waals surface area contributed by atoms with Gasteiger partial charge in [0, 0.05) is 35.1 Å². The molecule has 1 aromatic carbocycles. The van der Waals surface area contributed by atoms with Crippen LogP contribution in [0.15, 0.2) is 35.7 Å². The quantitative estimate of drug-likeness (QED) is 0.737. The first-order chi connectivity index (χ1) is 12.7. The monoisotopic (exact) mass is 368 g/mol. The maximum atomic E-state index is 12.4. The first kappa shape index (κ1) is 17.3. The summed E-state index contributed by atoms with van der Waals surface area (Å²) >= 11 is 1.77. The van der Waals surface area contributed by atoms with Gasteiger partial charge in [-0.3, -0.25) is 9.59 Å². The molecule has 1 aliphatic carbocycles. The minimum atomic E-state index is 0.0502. The lowest BCUT2D eigenvalue weighted by atomic mass is 10.1. The van der Waals surface area contributed by atoms with Gasteiger partial charge in [-0.2, -0.15) is 0 Å². The van der Waals surface area contributed by atoms with E-state index in [9.17, 15) is 9.59 Å². The second kappa shape index (κ2) is 7.62. The fourth-order valence-corrected chi connectivity index (χ4v) is 4.25. The molecule has 2 aromatic rings. The summed E-state index contributed by atoms with van der Waals surface area (Å²) in [5, 5.41) is 5.09. The highest BCUT2D eigenvalue weighted by molar-refractivity contribution is 7.09. The van der Waals surface area contributed by atoms with E-state index in [1.54, 1.807) is 11.3 Å². The summed E-state index contributed by atoms with van der Waals surface area (Å²) in [5.41, 5.74) is 2.98. The van der Waals surface area contributed by atoms with Crippen LogP contribution >= 0.6 is 11.3 Å². The lowest BCUT2D eigenvalue weighted by molar-refractivity contribution is -0.119. The summed E-state index contributed by atoms with van der Waals surface area (Å²) in [7, 11) is 0. The fourth-order valence-electron chi connectivity index (χ4n) is 3.50. The lowest BCUT2D eigenvalue weighted by Gasteiger charge is -2.18. The molecule has 1 aliphatic heterocycles. The van der Waals surface area contributed by atoms with Crippen LogP contribution in [-0.2, 0) is 22.4 Å². The zero-order chi connectivity index (χ0) is 17.9. The SMILES string of the molecule is O=C(CCCCc1cccs1)Nc1ccc2c(c1)N(C(=O)C1CC1)CC2. The van der Waals surface area contributed by atoms with E-state index >= 15 is 0 Å². The van der Waals surface area contributed by atoms with Crippen molar-refractivity contribution in [2.75, 3.05) is 16.8 Å². The van der Waals surface area contributed by atoms with Crippen LogP contribution in [0.3, 0.4) is 0 Å². The molecule has 0 bridgehead atoms. The molecule has 0 radical (unpaired) electrons. The molecule has 1 N–H and O–H groups in total. The smallest absolute Gasteiger partial charge is 0.230 e. The van der Waals surface area contributed by atoms with Gasteiger partial charge in [0.25, 0.3) is 0 Å². The predicted octanol–water partition coefficient (Wildman–Crippen LogP) is 4.40. The number of hydrogen-bond acceptors (Lipinski definition) is 3. The first-order valence-electron chi connectivity index (χ1n) is 9.47. The van der Waals surface area contributed by atoms with Crippen LogP contribution in [0.4, 0.5) is 11.4 Å². The van der Waals surface area contributed by atoms with Gasteiger partial charge >= 0.3 is 0 Å². The van der Waals surface area contributed by atoms with Gasteiger partial charge in [0.15, 0.2) is 0 Å². The van der Waals surface area contributed by atoms with Crippen molar-refractivity contribution in [3.63, 3.8) is 0 Å². The highest BCUT2D eigenvalue weighted by Gasteiger charge is 2.36. The van der Waals surface area contributed by atoms with Crippen LogP contribution < -0.4 is 10.2 Å². The molecule has 26 heavy (non-hydrogen) atoms. The van der Waals surface area contributed by atoms with Crippen LogP contribution in [0.1, 0.15) is 42.5 Å². The summed E-state index contributed by atoms with van der Waals surface area (Å²) in [6.45, 7) is 0.769. The van der Waals surface area contributed by atoms with Crippen LogP contribution in [0.2, 0.25) is 0 Å². The zero-order valence-electron chi connectivity index (χ0n) is 14.9. The molecule has 2 heterocycles. The third-order valence-electron chi connectivity index (χ3n) is 5.11. The minimum Gasteiger partial charge on any atom is -0.326 e. The van der Waals surface area contributed by atoms with Gasteiger partial charge in [0.05, 0.1) is 0 Å². The summed E-state index contributed by atoms with van der Waals surface area (Å²) < 4.78 is 0. The fraction of sp³-hybridized carbons (Fsp3) is 0.429. The highest BCUT2D eigenvalue weighted by atomic mass is 32.1. The molecule has 136 valence electrons. The number of carbonyl (C=O) groups excluding carboxylic acids is 2. The second-order valence-corrected chi connectivity index (χ2v) is 8.22. The van der Waals surface area contributed by atoms with Gasteiger partial charge in [-0.05, 0) is 67.7 Å². The molecule has 0 atom stereocenters. The van der Waals surface area contributed by atoms with Crippen LogP contribution in [0.25, 0.3) is 0 Å². The lowest BCUT2D eigenvalue weighted by Crippen LogP contribution is -2.30. The number of carbonyl (C=O) groups is 2. The van der Waals surface area contributed by atoms with Crippen molar-refractivity contribution in [1.82, 2.24) is 0 Å². The topological polar surface area (TPSA) is 49.4 Å². The van der Waals surface area contributed by atoms with Gasteiger partial charge in [-0.15, -0.1) is 11.3 Å². The van der Waals surface area contributed by atoms with Gasteiger partial charge in [-0.1, -0.05) is 12.1 Å². The van der Waals surface area contributed by atoms with Gasteiger partial charge in [0.1, 0.15) is 0 Å². The number of anilines is 2. The Morgan fingerprint density at radius 2 is 2.08 bits per heavy atom. The number of hydrogen-bond donors (Lipinski definition) is 1. The van der Waals surface area contributed by atoms with Crippen molar-refractivity contribution < 1.29 is 9.59 Å². The Morgan fingerprint density at radius 1 is 1.19 bits per heavy atom. The van der Waals surface area contributed by atoms with Crippen molar-refractivity contribution in [3.05, 3.63) is 46.2 Å². The summed E-state index contributed by atoms with van der Waals surface area (Å²) in [6.07, 6.45) is 6.45. The minimum absolute atomic E-state index is 0.0502. The number of amides is 2. The summed E-state index contributed by atoms with van der Waals surface area (Å²) in [6, 6.07) is 10.2. The van der Waals surface area contributed by atoms with E-state index in [1.165, 1.54) is 10.4 Å². The average Bonchev–Trinajstić information content (AvgIpc) is 3.20. The molecule has 0 spiro atoms. The molecule has 1 aromatic heterocycles. The number of rotatable bonds is 7. The molecule has 2 amide bonds. The number of thiophene rings is 1. The van der Waals surface area contributed by atoms with Crippen molar-refractivity contribution in [1.29, 1.82) is 0 Å². The molecular formula is C21H24N2O2S. The largest absolute Gasteiger partial charge is 0.326 e. The number of benzene rings is 1. The summed E-state index contributed by atoms with van der Waals surface area (Å²) in [5.74, 6) is 0.526. The Hall–Kier alpha value is -2.14. The zero-order valence-corrected chi connectivity index (χ0v) is 15.7. The number of nitrogens with zero attached hydrogens (tertiary/aromatic N) is 1. The van der Waals surface area contributed by atoms with Gasteiger partial charge in [-0.25, -0.2) is 0 Å². The van der Waals surface area contributed by atoms with E-state index < -0.39 is 0 Å². The van der Waals surface area contributed by atoms with E-state index in [-0.39, 0.29) is 17.7 Å². The van der Waals surface area contributed by atoms with E-state index in [4.69, 9.17) is 0 Å². The maximum absolute atomic E-state index is 12.4. The van der Waals surface area contributed by atoms with Crippen molar-refractivity contribution >= 4 is 34.5 Å². The molecule has 4 nitrogen and oxygen atoms in total. The van der Waals surface area contributed by atoms with E-state index in [2.05, 4.69) is 22.8 Å². The molecule has 4 rings (SSSR count). The van der Waals surface area contributed by atoms with E-state index in [1.807, 2.05) is 23.1 Å². The van der Waals surface area contributed by atoms with Crippen LogP contribution in [0.5, 0.6) is 0 Å². The normalized spacial score (nSPS) is 15.8. The standard InChI is InChI=1S/C21H24N2O2S/c24-20(6-2-1-4-18-5-3-13-26-18)22-17-10-9-15-11-12-23(19(15)14-17)21(25)16-7-8-16/h3,5,9-10,13-14,16H,1-2,4,6-8,11-12H2,(H,22,24). The van der Waals surface area contributed by atoms with Crippen LogP contribution in [0, 0.1) is 5.92 Å². The second-order valence-electron chi connectivity index (χ2n) is 7.19. The van der Waals surface area contributed by atoms with E-state index in [0.717, 1.165) is 56.4 Å². The van der Waals surface area contributed by atoms with Crippen LogP contribution in [-0.4, -0.2) is 18.4 Å². The first-order valence-corrected chi connectivity index (χ1v) is 10.4. The molecule has 1 saturated carbocycles. The molecule has 0 saturated heterocycles. The third-order valence-corrected chi connectivity index (χ3v) is 6.05. The van der Waals surface area contributed by atoms with Gasteiger partial charge < -0.3 is 10.2 Å². The van der Waals surface area contributed by atoms with Crippen molar-refractivity contribution in [3.8, 4) is 0 Å². The van der Waals surface area contributed by atoms with E-state index in [0.29, 0.717) is 6.42 Å². The third kappa shape index (κ3) is 3.98. The molecule has 1 fully saturated rings. The predicted molar refractivity (Wildman–Crippen MR) is 106 cm³/mol. The number of fused-ring (bicyclic) bond motifs is 1. The van der Waals surface area contributed by atoms with Crippen molar-refractivity contribution in [2.24, 2.45) is 5.92 Å². The van der Waals surface area contributed by atoms with Crippen molar-refractivity contribution in [2.45, 2.75) is 44.9 Å². The summed E-state index contributed by atoms with van der Waals surface area (Å²) in [4.78, 5) is 27.9.